The van der Waals surface area contributed by atoms with Crippen LogP contribution in [0.1, 0.15) is 23.7 Å². The Labute approximate surface area is 162 Å². The zero-order valence-electron chi connectivity index (χ0n) is 15.3. The molecule has 0 atom stereocenters. The first-order valence-electron chi connectivity index (χ1n) is 8.64. The summed E-state index contributed by atoms with van der Waals surface area (Å²) in [6.07, 6.45) is 0.256. The molecular formula is C21H21N3O2S. The van der Waals surface area contributed by atoms with Gasteiger partial charge in [-0.3, -0.25) is 9.59 Å². The quantitative estimate of drug-likeness (QED) is 0.682. The summed E-state index contributed by atoms with van der Waals surface area (Å²) in [7, 11) is 0. The summed E-state index contributed by atoms with van der Waals surface area (Å²) in [5.74, 6) is -0.149. The third-order valence-electron chi connectivity index (χ3n) is 3.96. The summed E-state index contributed by atoms with van der Waals surface area (Å²) in [6.45, 7) is 4.03. The van der Waals surface area contributed by atoms with E-state index in [-0.39, 0.29) is 18.2 Å². The van der Waals surface area contributed by atoms with Crippen LogP contribution in [0.2, 0.25) is 0 Å². The van der Waals surface area contributed by atoms with Gasteiger partial charge < -0.3 is 10.6 Å². The van der Waals surface area contributed by atoms with Gasteiger partial charge in [-0.1, -0.05) is 29.8 Å². The van der Waals surface area contributed by atoms with Crippen molar-refractivity contribution in [1.82, 2.24) is 10.3 Å². The molecule has 5 nitrogen and oxygen atoms in total. The Morgan fingerprint density at radius 3 is 2.41 bits per heavy atom. The van der Waals surface area contributed by atoms with Gasteiger partial charge >= 0.3 is 0 Å². The third kappa shape index (κ3) is 5.49. The van der Waals surface area contributed by atoms with E-state index in [0.717, 1.165) is 27.5 Å². The van der Waals surface area contributed by atoms with Crippen LogP contribution in [0, 0.1) is 6.92 Å². The van der Waals surface area contributed by atoms with Crippen LogP contribution in [0.3, 0.4) is 0 Å². The first kappa shape index (κ1) is 18.8. The summed E-state index contributed by atoms with van der Waals surface area (Å²) < 4.78 is 0. The lowest BCUT2D eigenvalue weighted by Gasteiger charge is -2.05. The number of aryl methyl sites for hydroxylation is 1. The molecule has 2 aromatic carbocycles. The minimum atomic E-state index is -0.101. The van der Waals surface area contributed by atoms with Crippen LogP contribution in [-0.4, -0.2) is 16.8 Å². The minimum absolute atomic E-state index is 0.0477. The van der Waals surface area contributed by atoms with Crippen molar-refractivity contribution < 1.29 is 9.59 Å². The van der Waals surface area contributed by atoms with E-state index in [0.29, 0.717) is 6.54 Å². The molecule has 138 valence electrons. The molecule has 1 heterocycles. The van der Waals surface area contributed by atoms with Gasteiger partial charge in [0.25, 0.3) is 0 Å². The van der Waals surface area contributed by atoms with Gasteiger partial charge in [-0.15, -0.1) is 11.3 Å². The molecule has 3 aromatic rings. The van der Waals surface area contributed by atoms with Crippen molar-refractivity contribution in [3.05, 3.63) is 70.7 Å². The molecule has 0 radical (unpaired) electrons. The average Bonchev–Trinajstić information content (AvgIpc) is 3.10. The normalized spacial score (nSPS) is 10.4. The maximum Gasteiger partial charge on any atom is 0.226 e. The molecule has 3 rings (SSSR count). The molecule has 0 aliphatic heterocycles. The molecule has 0 unspecified atom stereocenters. The lowest BCUT2D eigenvalue weighted by Crippen LogP contribution is -2.24. The standard InChI is InChI=1S/C21H21N3O2S/c1-14-3-5-16(6-4-14)12-22-20(26)11-19-13-27-21(24-19)17-7-9-18(10-8-17)23-15(2)25/h3-10,13H,11-12H2,1-2H3,(H,22,26)(H,23,25). The Balaban J connectivity index is 1.56. The van der Waals surface area contributed by atoms with E-state index >= 15 is 0 Å². The average molecular weight is 379 g/mol. The highest BCUT2D eigenvalue weighted by atomic mass is 32.1. The van der Waals surface area contributed by atoms with E-state index in [2.05, 4.69) is 15.6 Å². The zero-order chi connectivity index (χ0) is 19.2. The molecule has 0 saturated carbocycles. The van der Waals surface area contributed by atoms with E-state index in [9.17, 15) is 9.59 Å². The second-order valence-corrected chi connectivity index (χ2v) is 7.20. The van der Waals surface area contributed by atoms with Crippen molar-refractivity contribution in [1.29, 1.82) is 0 Å². The van der Waals surface area contributed by atoms with Crippen LogP contribution in [0.4, 0.5) is 5.69 Å². The van der Waals surface area contributed by atoms with Gasteiger partial charge in [-0.05, 0) is 36.8 Å². The van der Waals surface area contributed by atoms with Gasteiger partial charge in [0.2, 0.25) is 11.8 Å². The number of aromatic nitrogens is 1. The van der Waals surface area contributed by atoms with Crippen LogP contribution >= 0.6 is 11.3 Å². The van der Waals surface area contributed by atoms with E-state index in [1.165, 1.54) is 23.8 Å². The van der Waals surface area contributed by atoms with Crippen molar-refractivity contribution in [2.24, 2.45) is 0 Å². The van der Waals surface area contributed by atoms with E-state index in [1.54, 1.807) is 0 Å². The number of nitrogens with zero attached hydrogens (tertiary/aromatic N) is 1. The number of hydrogen-bond donors (Lipinski definition) is 2. The number of carbonyl (C=O) groups excluding carboxylic acids is 2. The van der Waals surface area contributed by atoms with Gasteiger partial charge in [0.1, 0.15) is 5.01 Å². The lowest BCUT2D eigenvalue weighted by atomic mass is 10.1. The Kier molecular flexibility index (Phi) is 5.98. The number of nitrogens with one attached hydrogen (secondary N) is 2. The minimum Gasteiger partial charge on any atom is -0.352 e. The van der Waals surface area contributed by atoms with Crippen molar-refractivity contribution in [2.75, 3.05) is 5.32 Å². The molecule has 0 spiro atoms. The molecule has 2 N–H and O–H groups in total. The van der Waals surface area contributed by atoms with Crippen molar-refractivity contribution in [2.45, 2.75) is 26.8 Å². The maximum absolute atomic E-state index is 12.2. The number of benzene rings is 2. The summed E-state index contributed by atoms with van der Waals surface area (Å²) in [5, 5.41) is 8.42. The van der Waals surface area contributed by atoms with Crippen LogP contribution in [-0.2, 0) is 22.6 Å². The molecule has 0 aliphatic carbocycles. The molecule has 0 saturated heterocycles. The second-order valence-electron chi connectivity index (χ2n) is 6.34. The van der Waals surface area contributed by atoms with Crippen LogP contribution < -0.4 is 10.6 Å². The van der Waals surface area contributed by atoms with Crippen LogP contribution in [0.15, 0.2) is 53.9 Å². The van der Waals surface area contributed by atoms with E-state index in [4.69, 9.17) is 0 Å². The fourth-order valence-corrected chi connectivity index (χ4v) is 3.38. The van der Waals surface area contributed by atoms with Crippen molar-refractivity contribution in [3.8, 4) is 10.6 Å². The molecule has 0 aliphatic rings. The number of hydrogen-bond acceptors (Lipinski definition) is 4. The predicted octanol–water partition coefficient (Wildman–Crippen LogP) is 3.94. The first-order valence-corrected chi connectivity index (χ1v) is 9.52. The molecule has 2 amide bonds. The highest BCUT2D eigenvalue weighted by molar-refractivity contribution is 7.13. The highest BCUT2D eigenvalue weighted by Gasteiger charge is 2.09. The largest absolute Gasteiger partial charge is 0.352 e. The van der Waals surface area contributed by atoms with E-state index < -0.39 is 0 Å². The number of amides is 2. The molecule has 27 heavy (non-hydrogen) atoms. The monoisotopic (exact) mass is 379 g/mol. The lowest BCUT2D eigenvalue weighted by molar-refractivity contribution is -0.120. The third-order valence-corrected chi connectivity index (χ3v) is 4.90. The van der Waals surface area contributed by atoms with Crippen LogP contribution in [0.5, 0.6) is 0 Å². The van der Waals surface area contributed by atoms with Gasteiger partial charge in [0.05, 0.1) is 12.1 Å². The summed E-state index contributed by atoms with van der Waals surface area (Å²) >= 11 is 1.50. The van der Waals surface area contributed by atoms with E-state index in [1.807, 2.05) is 60.8 Å². The number of anilines is 1. The molecule has 1 aromatic heterocycles. The molecule has 6 heteroatoms. The van der Waals surface area contributed by atoms with Crippen LogP contribution in [0.25, 0.3) is 10.6 Å². The Bertz CT molecular complexity index is 931. The molecule has 0 bridgehead atoms. The number of rotatable bonds is 6. The summed E-state index contributed by atoms with van der Waals surface area (Å²) in [6, 6.07) is 15.6. The first-order chi connectivity index (χ1) is 13.0. The van der Waals surface area contributed by atoms with Gasteiger partial charge in [-0.2, -0.15) is 0 Å². The topological polar surface area (TPSA) is 71.1 Å². The Hall–Kier alpha value is -2.99. The van der Waals surface area contributed by atoms with Gasteiger partial charge in [-0.25, -0.2) is 4.98 Å². The fourth-order valence-electron chi connectivity index (χ4n) is 2.55. The summed E-state index contributed by atoms with van der Waals surface area (Å²) in [4.78, 5) is 27.8. The maximum atomic E-state index is 12.2. The van der Waals surface area contributed by atoms with Gasteiger partial charge in [0.15, 0.2) is 0 Å². The number of carbonyl (C=O) groups is 2. The predicted molar refractivity (Wildman–Crippen MR) is 109 cm³/mol. The highest BCUT2D eigenvalue weighted by Crippen LogP contribution is 2.25. The Morgan fingerprint density at radius 2 is 1.74 bits per heavy atom. The van der Waals surface area contributed by atoms with Crippen molar-refractivity contribution in [3.63, 3.8) is 0 Å². The SMILES string of the molecule is CC(=O)Nc1ccc(-c2nc(CC(=O)NCc3ccc(C)cc3)cs2)cc1. The summed E-state index contributed by atoms with van der Waals surface area (Å²) in [5.41, 5.74) is 4.73. The molecular weight excluding hydrogens is 358 g/mol. The fraction of sp³-hybridized carbons (Fsp3) is 0.190. The van der Waals surface area contributed by atoms with Crippen molar-refractivity contribution >= 4 is 28.8 Å². The second kappa shape index (κ2) is 8.60. The zero-order valence-corrected chi connectivity index (χ0v) is 16.1. The molecule has 0 fully saturated rings. The number of thiazole rings is 1. The smallest absolute Gasteiger partial charge is 0.226 e. The van der Waals surface area contributed by atoms with Gasteiger partial charge in [0, 0.05) is 30.1 Å². The Morgan fingerprint density at radius 1 is 1.04 bits per heavy atom.